The highest BCUT2D eigenvalue weighted by Gasteiger charge is 2.32. The lowest BCUT2D eigenvalue weighted by Crippen LogP contribution is -2.38. The molecule has 1 heterocycles. The first-order valence-corrected chi connectivity index (χ1v) is 7.38. The van der Waals surface area contributed by atoms with Crippen molar-refractivity contribution in [1.82, 2.24) is 5.32 Å². The van der Waals surface area contributed by atoms with Crippen LogP contribution in [0, 0.1) is 0 Å². The molecule has 2 amide bonds. The van der Waals surface area contributed by atoms with Crippen LogP contribution in [0.25, 0.3) is 5.57 Å². The van der Waals surface area contributed by atoms with Crippen LogP contribution in [0.15, 0.2) is 54.6 Å². The van der Waals surface area contributed by atoms with Crippen molar-refractivity contribution in [1.29, 1.82) is 0 Å². The smallest absolute Gasteiger partial charge is 0.250 e. The quantitative estimate of drug-likeness (QED) is 0.850. The number of hydrogen-bond donors (Lipinski definition) is 1. The Morgan fingerprint density at radius 1 is 0.955 bits per heavy atom. The summed E-state index contributed by atoms with van der Waals surface area (Å²) in [5.41, 5.74) is 1.95. The van der Waals surface area contributed by atoms with Crippen molar-refractivity contribution in [3.8, 4) is 0 Å². The second-order valence-electron chi connectivity index (χ2n) is 4.92. The van der Waals surface area contributed by atoms with E-state index in [0.29, 0.717) is 26.7 Å². The maximum absolute atomic E-state index is 12.4. The minimum atomic E-state index is -0.628. The summed E-state index contributed by atoms with van der Waals surface area (Å²) in [4.78, 5) is 24.1. The van der Waals surface area contributed by atoms with Crippen molar-refractivity contribution in [3.05, 3.63) is 75.8 Å². The van der Waals surface area contributed by atoms with Crippen LogP contribution in [-0.2, 0) is 9.59 Å². The fraction of sp³-hybridized carbons (Fsp3) is 0.0588. The Labute approximate surface area is 137 Å². The van der Waals surface area contributed by atoms with Gasteiger partial charge in [0, 0.05) is 16.1 Å². The van der Waals surface area contributed by atoms with Crippen molar-refractivity contribution in [2.24, 2.45) is 0 Å². The molecule has 1 unspecified atom stereocenters. The minimum absolute atomic E-state index is 0.385. The molecule has 2 aromatic rings. The van der Waals surface area contributed by atoms with E-state index in [0.717, 1.165) is 0 Å². The van der Waals surface area contributed by atoms with Crippen LogP contribution >= 0.6 is 23.2 Å². The third-order valence-corrected chi connectivity index (χ3v) is 4.04. The molecule has 3 nitrogen and oxygen atoms in total. The predicted molar refractivity (Wildman–Crippen MR) is 86.8 cm³/mol. The number of halogens is 2. The standard InChI is InChI=1S/C17H11Cl2NO2/c18-11-5-3-4-10(8-11)16-13(9-15(21)20-17(16)22)12-6-1-2-7-14(12)19/h1-9,16H,(H,20,21,22). The third-order valence-electron chi connectivity index (χ3n) is 3.47. The molecule has 0 bridgehead atoms. The zero-order valence-electron chi connectivity index (χ0n) is 11.3. The second-order valence-corrected chi connectivity index (χ2v) is 5.76. The molecule has 1 atom stereocenters. The van der Waals surface area contributed by atoms with Crippen LogP contribution in [0.4, 0.5) is 0 Å². The van der Waals surface area contributed by atoms with Gasteiger partial charge in [-0.2, -0.15) is 0 Å². The highest BCUT2D eigenvalue weighted by atomic mass is 35.5. The first-order chi connectivity index (χ1) is 10.6. The van der Waals surface area contributed by atoms with Gasteiger partial charge >= 0.3 is 0 Å². The Kier molecular flexibility index (Phi) is 4.01. The van der Waals surface area contributed by atoms with Crippen molar-refractivity contribution in [3.63, 3.8) is 0 Å². The molecule has 3 rings (SSSR count). The van der Waals surface area contributed by atoms with Gasteiger partial charge in [0.05, 0.1) is 5.92 Å². The molecular weight excluding hydrogens is 321 g/mol. The van der Waals surface area contributed by atoms with Crippen LogP contribution < -0.4 is 5.32 Å². The molecule has 1 N–H and O–H groups in total. The van der Waals surface area contributed by atoms with Crippen molar-refractivity contribution in [2.45, 2.75) is 5.92 Å². The van der Waals surface area contributed by atoms with Gasteiger partial charge < -0.3 is 0 Å². The Morgan fingerprint density at radius 2 is 1.73 bits per heavy atom. The van der Waals surface area contributed by atoms with E-state index in [9.17, 15) is 9.59 Å². The Balaban J connectivity index is 2.17. The summed E-state index contributed by atoms with van der Waals surface area (Å²) in [5.74, 6) is -1.46. The van der Waals surface area contributed by atoms with Crippen LogP contribution in [0.3, 0.4) is 0 Å². The lowest BCUT2D eigenvalue weighted by Gasteiger charge is -2.24. The minimum Gasteiger partial charge on any atom is -0.292 e. The summed E-state index contributed by atoms with van der Waals surface area (Å²) in [6.45, 7) is 0. The van der Waals surface area contributed by atoms with Crippen LogP contribution in [-0.4, -0.2) is 11.8 Å². The predicted octanol–water partition coefficient (Wildman–Crippen LogP) is 3.82. The number of amides is 2. The normalized spacial score (nSPS) is 17.9. The summed E-state index contributed by atoms with van der Waals surface area (Å²) >= 11 is 12.2. The first kappa shape index (κ1) is 14.8. The number of imide groups is 1. The zero-order chi connectivity index (χ0) is 15.7. The number of rotatable bonds is 2. The van der Waals surface area contributed by atoms with E-state index in [-0.39, 0.29) is 5.91 Å². The molecule has 22 heavy (non-hydrogen) atoms. The Morgan fingerprint density at radius 3 is 2.45 bits per heavy atom. The summed E-state index contributed by atoms with van der Waals surface area (Å²) in [7, 11) is 0. The fourth-order valence-corrected chi connectivity index (χ4v) is 2.98. The molecule has 0 saturated carbocycles. The van der Waals surface area contributed by atoms with Crippen LogP contribution in [0.5, 0.6) is 0 Å². The van der Waals surface area contributed by atoms with Gasteiger partial charge in [0.25, 0.3) is 5.91 Å². The molecule has 0 spiro atoms. The molecule has 0 fully saturated rings. The molecule has 5 heteroatoms. The van der Waals surface area contributed by atoms with Crippen molar-refractivity contribution in [2.75, 3.05) is 0 Å². The molecule has 1 aliphatic rings. The fourth-order valence-electron chi connectivity index (χ4n) is 2.54. The summed E-state index contributed by atoms with van der Waals surface area (Å²) < 4.78 is 0. The number of carbonyl (C=O) groups is 2. The molecular formula is C17H11Cl2NO2. The maximum Gasteiger partial charge on any atom is 0.250 e. The highest BCUT2D eigenvalue weighted by Crippen LogP contribution is 2.38. The Bertz CT molecular complexity index is 799. The third kappa shape index (κ3) is 2.78. The van der Waals surface area contributed by atoms with Gasteiger partial charge in [-0.1, -0.05) is 53.5 Å². The van der Waals surface area contributed by atoms with Gasteiger partial charge in [-0.3, -0.25) is 14.9 Å². The number of carbonyl (C=O) groups excluding carboxylic acids is 2. The van der Waals surface area contributed by atoms with Gasteiger partial charge in [0.15, 0.2) is 0 Å². The van der Waals surface area contributed by atoms with Crippen molar-refractivity contribution >= 4 is 40.6 Å². The van der Waals surface area contributed by atoms with Gasteiger partial charge in [-0.05, 0) is 34.9 Å². The Hall–Kier alpha value is -2.10. The van der Waals surface area contributed by atoms with Crippen molar-refractivity contribution < 1.29 is 9.59 Å². The van der Waals surface area contributed by atoms with E-state index in [2.05, 4.69) is 5.32 Å². The summed E-state index contributed by atoms with van der Waals surface area (Å²) in [6.07, 6.45) is 1.41. The molecule has 1 aliphatic heterocycles. The molecule has 0 aliphatic carbocycles. The second kappa shape index (κ2) is 5.95. The summed E-state index contributed by atoms with van der Waals surface area (Å²) in [6, 6.07) is 14.1. The van der Waals surface area contributed by atoms with Crippen LogP contribution in [0.2, 0.25) is 10.0 Å². The van der Waals surface area contributed by atoms with E-state index < -0.39 is 11.8 Å². The van der Waals surface area contributed by atoms with Gasteiger partial charge in [0.2, 0.25) is 5.91 Å². The van der Waals surface area contributed by atoms with E-state index in [4.69, 9.17) is 23.2 Å². The molecule has 0 saturated heterocycles. The SMILES string of the molecule is O=C1C=C(c2ccccc2Cl)C(c2cccc(Cl)c2)C(=O)N1. The topological polar surface area (TPSA) is 46.2 Å². The van der Waals surface area contributed by atoms with E-state index in [1.54, 1.807) is 42.5 Å². The number of benzene rings is 2. The van der Waals surface area contributed by atoms with E-state index >= 15 is 0 Å². The highest BCUT2D eigenvalue weighted by molar-refractivity contribution is 6.33. The van der Waals surface area contributed by atoms with E-state index in [1.165, 1.54) is 6.08 Å². The van der Waals surface area contributed by atoms with Gasteiger partial charge in [-0.25, -0.2) is 0 Å². The lowest BCUT2D eigenvalue weighted by molar-refractivity contribution is -0.128. The molecule has 110 valence electrons. The van der Waals surface area contributed by atoms with E-state index in [1.807, 2.05) is 6.07 Å². The monoisotopic (exact) mass is 331 g/mol. The number of hydrogen-bond acceptors (Lipinski definition) is 2. The van der Waals surface area contributed by atoms with Gasteiger partial charge in [-0.15, -0.1) is 0 Å². The maximum atomic E-state index is 12.4. The molecule has 0 aromatic heterocycles. The lowest BCUT2D eigenvalue weighted by atomic mass is 9.84. The average molecular weight is 332 g/mol. The zero-order valence-corrected chi connectivity index (χ0v) is 12.9. The number of nitrogens with one attached hydrogen (secondary N) is 1. The largest absolute Gasteiger partial charge is 0.292 e. The molecule has 2 aromatic carbocycles. The van der Waals surface area contributed by atoms with Crippen LogP contribution in [0.1, 0.15) is 17.0 Å². The molecule has 0 radical (unpaired) electrons. The summed E-state index contributed by atoms with van der Waals surface area (Å²) in [5, 5.41) is 3.34. The first-order valence-electron chi connectivity index (χ1n) is 6.63. The average Bonchev–Trinajstić information content (AvgIpc) is 2.47. The van der Waals surface area contributed by atoms with Gasteiger partial charge in [0.1, 0.15) is 0 Å².